The second-order valence-corrected chi connectivity index (χ2v) is 6.76. The van der Waals surface area contributed by atoms with E-state index < -0.39 is 0 Å². The molecule has 0 radical (unpaired) electrons. The molecule has 2 N–H and O–H groups in total. The molecule has 23 heavy (non-hydrogen) atoms. The Morgan fingerprint density at radius 2 is 2.09 bits per heavy atom. The Hall–Kier alpha value is -0.0800. The predicted molar refractivity (Wildman–Crippen MR) is 104 cm³/mol. The number of nitrogens with one attached hydrogen (secondary N) is 2. The van der Waals surface area contributed by atoms with Gasteiger partial charge in [0.15, 0.2) is 5.96 Å². The number of halogens is 1. The topological polar surface area (TPSA) is 54.9 Å². The van der Waals surface area contributed by atoms with Crippen molar-refractivity contribution < 1.29 is 9.47 Å². The van der Waals surface area contributed by atoms with Crippen LogP contribution in [0.5, 0.6) is 0 Å². The summed E-state index contributed by atoms with van der Waals surface area (Å²) in [6, 6.07) is 0.535. The minimum absolute atomic E-state index is 0. The van der Waals surface area contributed by atoms with Crippen molar-refractivity contribution in [3.63, 3.8) is 0 Å². The highest BCUT2D eigenvalue weighted by molar-refractivity contribution is 14.0. The summed E-state index contributed by atoms with van der Waals surface area (Å²) in [5.41, 5.74) is 0.372. The Balaban J connectivity index is 0.00000192. The molecule has 3 unspecified atom stereocenters. The predicted octanol–water partition coefficient (Wildman–Crippen LogP) is 2.54. The quantitative estimate of drug-likeness (QED) is 0.290. The standard InChI is InChI=1S/C17H31N3O2.HI/c1-3-18-16(19-10-12-21-4-2)20-14-13-7-11-22-15(13)17(14)8-5-6-9-17;/h13-15H,3-12H2,1-2H3,(H2,18,19,20);1H. The van der Waals surface area contributed by atoms with Gasteiger partial charge in [-0.15, -0.1) is 24.0 Å². The molecular weight excluding hydrogens is 405 g/mol. The van der Waals surface area contributed by atoms with Gasteiger partial charge < -0.3 is 20.1 Å². The molecule has 0 bridgehead atoms. The zero-order valence-electron chi connectivity index (χ0n) is 14.5. The molecule has 3 aliphatic rings. The number of fused-ring (bicyclic) bond motifs is 2. The normalized spacial score (nSPS) is 31.4. The van der Waals surface area contributed by atoms with Crippen molar-refractivity contribution in [3.05, 3.63) is 0 Å². The van der Waals surface area contributed by atoms with Crippen LogP contribution in [0.25, 0.3) is 0 Å². The molecule has 0 aromatic heterocycles. The first-order valence-electron chi connectivity index (χ1n) is 9.06. The van der Waals surface area contributed by atoms with Crippen LogP contribution in [0.1, 0.15) is 46.0 Å². The number of hydrogen-bond donors (Lipinski definition) is 2. The smallest absolute Gasteiger partial charge is 0.191 e. The number of rotatable bonds is 6. The molecule has 134 valence electrons. The summed E-state index contributed by atoms with van der Waals surface area (Å²) < 4.78 is 11.4. The third-order valence-corrected chi connectivity index (χ3v) is 5.63. The van der Waals surface area contributed by atoms with Crippen LogP contribution in [0.2, 0.25) is 0 Å². The van der Waals surface area contributed by atoms with Crippen molar-refractivity contribution in [1.29, 1.82) is 0 Å². The number of guanidine groups is 1. The van der Waals surface area contributed by atoms with E-state index in [-0.39, 0.29) is 24.0 Å². The summed E-state index contributed by atoms with van der Waals surface area (Å²) in [6.45, 7) is 8.13. The SMILES string of the molecule is CCNC(=NCCOCC)NC1C2CCOC2C12CCCC2.I. The summed E-state index contributed by atoms with van der Waals surface area (Å²) >= 11 is 0. The summed E-state index contributed by atoms with van der Waals surface area (Å²) in [5.74, 6) is 1.62. The van der Waals surface area contributed by atoms with Gasteiger partial charge in [-0.3, -0.25) is 4.99 Å². The van der Waals surface area contributed by atoms with Gasteiger partial charge in [0.25, 0.3) is 0 Å². The Kier molecular flexibility index (Phi) is 7.41. The first-order chi connectivity index (χ1) is 10.8. The molecule has 0 aromatic carbocycles. The maximum atomic E-state index is 6.05. The molecule has 1 saturated heterocycles. The fourth-order valence-electron chi connectivity index (χ4n) is 4.74. The Bertz CT molecular complexity index is 399. The molecule has 3 rings (SSSR count). The Labute approximate surface area is 157 Å². The van der Waals surface area contributed by atoms with Gasteiger partial charge in [-0.25, -0.2) is 0 Å². The van der Waals surface area contributed by atoms with E-state index in [2.05, 4.69) is 22.5 Å². The van der Waals surface area contributed by atoms with Crippen LogP contribution in [0.15, 0.2) is 4.99 Å². The second-order valence-electron chi connectivity index (χ2n) is 6.76. The van der Waals surface area contributed by atoms with Crippen LogP contribution in [-0.4, -0.2) is 51.0 Å². The zero-order valence-corrected chi connectivity index (χ0v) is 16.8. The molecule has 1 aliphatic heterocycles. The molecule has 6 heteroatoms. The summed E-state index contributed by atoms with van der Waals surface area (Å²) in [6.07, 6.45) is 7.02. The maximum absolute atomic E-state index is 6.05. The number of aliphatic imine (C=N–C) groups is 1. The minimum Gasteiger partial charge on any atom is -0.380 e. The molecule has 1 spiro atoms. The first-order valence-corrected chi connectivity index (χ1v) is 9.06. The summed E-state index contributed by atoms with van der Waals surface area (Å²) in [4.78, 5) is 4.67. The Morgan fingerprint density at radius 1 is 1.30 bits per heavy atom. The fraction of sp³-hybridized carbons (Fsp3) is 0.941. The van der Waals surface area contributed by atoms with Crippen LogP contribution >= 0.6 is 24.0 Å². The van der Waals surface area contributed by atoms with Crippen LogP contribution in [0.4, 0.5) is 0 Å². The number of hydrogen-bond acceptors (Lipinski definition) is 3. The molecule has 2 aliphatic carbocycles. The second kappa shape index (κ2) is 8.85. The van der Waals surface area contributed by atoms with Crippen LogP contribution in [-0.2, 0) is 9.47 Å². The van der Waals surface area contributed by atoms with Crippen molar-refractivity contribution in [2.45, 2.75) is 58.1 Å². The van der Waals surface area contributed by atoms with Gasteiger partial charge in [-0.1, -0.05) is 12.8 Å². The molecule has 0 amide bonds. The lowest BCUT2D eigenvalue weighted by atomic mass is 9.54. The van der Waals surface area contributed by atoms with E-state index in [1.54, 1.807) is 0 Å². The van der Waals surface area contributed by atoms with Gasteiger partial charge in [0.2, 0.25) is 0 Å². The number of ether oxygens (including phenoxy) is 2. The van der Waals surface area contributed by atoms with Gasteiger partial charge in [0.05, 0.1) is 19.3 Å². The highest BCUT2D eigenvalue weighted by Crippen LogP contribution is 2.60. The van der Waals surface area contributed by atoms with Crippen molar-refractivity contribution in [1.82, 2.24) is 10.6 Å². The average Bonchev–Trinajstić information content (AvgIpc) is 3.16. The molecule has 0 aromatic rings. The van der Waals surface area contributed by atoms with Crippen LogP contribution in [0.3, 0.4) is 0 Å². The average molecular weight is 437 g/mol. The third kappa shape index (κ3) is 3.79. The Morgan fingerprint density at radius 3 is 2.78 bits per heavy atom. The lowest BCUT2D eigenvalue weighted by molar-refractivity contribution is -0.125. The van der Waals surface area contributed by atoms with Crippen molar-refractivity contribution >= 4 is 29.9 Å². The van der Waals surface area contributed by atoms with Crippen LogP contribution < -0.4 is 10.6 Å². The maximum Gasteiger partial charge on any atom is 0.191 e. The van der Waals surface area contributed by atoms with E-state index in [0.29, 0.717) is 36.6 Å². The molecule has 3 fully saturated rings. The van der Waals surface area contributed by atoms with E-state index in [1.165, 1.54) is 32.1 Å². The lowest BCUT2D eigenvalue weighted by Gasteiger charge is -2.57. The van der Waals surface area contributed by atoms with Gasteiger partial charge in [-0.05, 0) is 33.1 Å². The molecule has 2 saturated carbocycles. The van der Waals surface area contributed by atoms with E-state index in [4.69, 9.17) is 9.47 Å². The van der Waals surface area contributed by atoms with Crippen molar-refractivity contribution in [3.8, 4) is 0 Å². The molecule has 5 nitrogen and oxygen atoms in total. The molecular formula is C17H32IN3O2. The lowest BCUT2D eigenvalue weighted by Crippen LogP contribution is -2.69. The highest BCUT2D eigenvalue weighted by Gasteiger charge is 2.65. The van der Waals surface area contributed by atoms with Gasteiger partial charge in [-0.2, -0.15) is 0 Å². The minimum atomic E-state index is 0. The number of nitrogens with zero attached hydrogens (tertiary/aromatic N) is 1. The van der Waals surface area contributed by atoms with Crippen molar-refractivity contribution in [2.75, 3.05) is 32.9 Å². The third-order valence-electron chi connectivity index (χ3n) is 5.63. The summed E-state index contributed by atoms with van der Waals surface area (Å²) in [5, 5.41) is 7.13. The fourth-order valence-corrected chi connectivity index (χ4v) is 4.74. The van der Waals surface area contributed by atoms with E-state index in [1.807, 2.05) is 6.92 Å². The monoisotopic (exact) mass is 437 g/mol. The van der Waals surface area contributed by atoms with E-state index >= 15 is 0 Å². The van der Waals surface area contributed by atoms with E-state index in [0.717, 1.165) is 25.7 Å². The largest absolute Gasteiger partial charge is 0.380 e. The van der Waals surface area contributed by atoms with E-state index in [9.17, 15) is 0 Å². The zero-order chi connectivity index (χ0) is 15.4. The van der Waals surface area contributed by atoms with Crippen LogP contribution in [0, 0.1) is 11.3 Å². The van der Waals surface area contributed by atoms with Gasteiger partial charge in [0.1, 0.15) is 0 Å². The molecule has 1 heterocycles. The molecule has 3 atom stereocenters. The first kappa shape index (κ1) is 19.2. The highest BCUT2D eigenvalue weighted by atomic mass is 127. The summed E-state index contributed by atoms with van der Waals surface area (Å²) in [7, 11) is 0. The van der Waals surface area contributed by atoms with Gasteiger partial charge >= 0.3 is 0 Å². The van der Waals surface area contributed by atoms with Gasteiger partial charge in [0, 0.05) is 37.1 Å². The van der Waals surface area contributed by atoms with Crippen molar-refractivity contribution in [2.24, 2.45) is 16.3 Å².